The van der Waals surface area contributed by atoms with Gasteiger partial charge in [0.05, 0.1) is 0 Å². The highest BCUT2D eigenvalue weighted by atomic mass is 15.3. The van der Waals surface area contributed by atoms with Gasteiger partial charge in [0.15, 0.2) is 0 Å². The smallest absolute Gasteiger partial charge is 0.135 e. The normalized spacial score (nSPS) is 11.2. The number of hydrogen-bond acceptors (Lipinski definition) is 3. The quantitative estimate of drug-likeness (QED) is 0.750. The molecular weight excluding hydrogens is 164 g/mol. The molecule has 0 spiro atoms. The lowest BCUT2D eigenvalue weighted by Crippen LogP contribution is -2.06. The largest absolute Gasteiger partial charge is 0.330 e. The first kappa shape index (κ1) is 10.2. The van der Waals surface area contributed by atoms with Crippen LogP contribution in [-0.4, -0.2) is 21.3 Å². The van der Waals surface area contributed by atoms with Crippen LogP contribution in [0.1, 0.15) is 37.8 Å². The number of nitrogens with zero attached hydrogens (tertiary/aromatic N) is 3. The van der Waals surface area contributed by atoms with Gasteiger partial charge in [-0.05, 0) is 13.0 Å². The molecule has 0 bridgehead atoms. The summed E-state index contributed by atoms with van der Waals surface area (Å²) in [6, 6.07) is 0. The Morgan fingerprint density at radius 3 is 2.54 bits per heavy atom. The maximum Gasteiger partial charge on any atom is 0.135 e. The molecule has 0 fully saturated rings. The van der Waals surface area contributed by atoms with Crippen LogP contribution in [0.5, 0.6) is 0 Å². The monoisotopic (exact) mass is 182 g/mol. The number of aromatic nitrogens is 3. The van der Waals surface area contributed by atoms with Crippen molar-refractivity contribution in [1.29, 1.82) is 0 Å². The predicted octanol–water partition coefficient (Wildman–Crippen LogP) is 0.830. The fraction of sp³-hybridized carbons (Fsp3) is 0.778. The van der Waals surface area contributed by atoms with Gasteiger partial charge >= 0.3 is 0 Å². The minimum atomic E-state index is 0.434. The van der Waals surface area contributed by atoms with Crippen LogP contribution in [0.25, 0.3) is 0 Å². The van der Waals surface area contributed by atoms with Gasteiger partial charge in [0.2, 0.25) is 0 Å². The van der Waals surface area contributed by atoms with E-state index in [9.17, 15) is 0 Å². The fourth-order valence-corrected chi connectivity index (χ4v) is 1.36. The van der Waals surface area contributed by atoms with Gasteiger partial charge in [-0.3, -0.25) is 0 Å². The van der Waals surface area contributed by atoms with Crippen molar-refractivity contribution in [3.63, 3.8) is 0 Å². The summed E-state index contributed by atoms with van der Waals surface area (Å²) >= 11 is 0. The van der Waals surface area contributed by atoms with Gasteiger partial charge in [0.25, 0.3) is 0 Å². The minimum Gasteiger partial charge on any atom is -0.330 e. The third kappa shape index (κ3) is 2.28. The highest BCUT2D eigenvalue weighted by Gasteiger charge is 2.10. The van der Waals surface area contributed by atoms with Crippen LogP contribution in [0.15, 0.2) is 0 Å². The van der Waals surface area contributed by atoms with E-state index in [0.29, 0.717) is 12.5 Å². The van der Waals surface area contributed by atoms with Crippen LogP contribution in [-0.2, 0) is 13.5 Å². The van der Waals surface area contributed by atoms with Gasteiger partial charge in [-0.25, -0.2) is 0 Å². The van der Waals surface area contributed by atoms with Gasteiger partial charge < -0.3 is 10.3 Å². The van der Waals surface area contributed by atoms with E-state index in [4.69, 9.17) is 5.73 Å². The topological polar surface area (TPSA) is 56.7 Å². The maximum atomic E-state index is 5.44. The summed E-state index contributed by atoms with van der Waals surface area (Å²) in [5, 5.41) is 8.27. The molecule has 1 aromatic heterocycles. The molecule has 1 heterocycles. The molecule has 0 amide bonds. The first-order valence-corrected chi connectivity index (χ1v) is 4.75. The average molecular weight is 182 g/mol. The minimum absolute atomic E-state index is 0.434. The van der Waals surface area contributed by atoms with Gasteiger partial charge in [-0.2, -0.15) is 0 Å². The molecule has 4 heteroatoms. The molecule has 0 aliphatic carbocycles. The molecule has 0 saturated heterocycles. The van der Waals surface area contributed by atoms with E-state index in [1.807, 2.05) is 7.05 Å². The zero-order valence-electron chi connectivity index (χ0n) is 8.62. The summed E-state index contributed by atoms with van der Waals surface area (Å²) < 4.78 is 2.07. The maximum absolute atomic E-state index is 5.44. The van der Waals surface area contributed by atoms with Crippen molar-refractivity contribution in [2.75, 3.05) is 6.54 Å². The molecule has 4 nitrogen and oxygen atoms in total. The Bertz CT molecular complexity index is 265. The summed E-state index contributed by atoms with van der Waals surface area (Å²) in [6.07, 6.45) is 1.90. The Hall–Kier alpha value is -0.900. The van der Waals surface area contributed by atoms with E-state index in [2.05, 4.69) is 28.6 Å². The summed E-state index contributed by atoms with van der Waals surface area (Å²) in [6.45, 7) is 4.96. The van der Waals surface area contributed by atoms with Crippen molar-refractivity contribution in [3.05, 3.63) is 11.6 Å². The van der Waals surface area contributed by atoms with E-state index in [1.54, 1.807) is 0 Å². The van der Waals surface area contributed by atoms with Crippen molar-refractivity contribution in [2.45, 2.75) is 32.6 Å². The highest BCUT2D eigenvalue weighted by molar-refractivity contribution is 4.99. The van der Waals surface area contributed by atoms with Crippen LogP contribution in [0.3, 0.4) is 0 Å². The number of nitrogens with two attached hydrogens (primary N) is 1. The van der Waals surface area contributed by atoms with Crippen molar-refractivity contribution in [3.8, 4) is 0 Å². The standard InChI is InChI=1S/C9H18N4/c1-7(2)9-12-11-8(13(9)3)5-4-6-10/h7H,4-6,10H2,1-3H3. The predicted molar refractivity (Wildman–Crippen MR) is 52.5 cm³/mol. The molecule has 0 saturated carbocycles. The molecule has 0 radical (unpaired) electrons. The Kier molecular flexibility index (Phi) is 3.42. The summed E-state index contributed by atoms with van der Waals surface area (Å²) in [5.74, 6) is 2.52. The average Bonchev–Trinajstić information content (AvgIpc) is 2.43. The number of hydrogen-bond donors (Lipinski definition) is 1. The Labute approximate surface area is 79.2 Å². The Morgan fingerprint density at radius 1 is 1.38 bits per heavy atom. The first-order valence-electron chi connectivity index (χ1n) is 4.75. The SMILES string of the molecule is CC(C)c1nnc(CCCN)n1C. The van der Waals surface area contributed by atoms with Gasteiger partial charge in [-0.15, -0.1) is 10.2 Å². The van der Waals surface area contributed by atoms with Crippen molar-refractivity contribution in [2.24, 2.45) is 12.8 Å². The fourth-order valence-electron chi connectivity index (χ4n) is 1.36. The van der Waals surface area contributed by atoms with Crippen LogP contribution >= 0.6 is 0 Å². The molecule has 0 aliphatic heterocycles. The molecule has 0 aliphatic rings. The van der Waals surface area contributed by atoms with E-state index in [0.717, 1.165) is 24.5 Å². The Balaban J connectivity index is 2.74. The molecule has 74 valence electrons. The summed E-state index contributed by atoms with van der Waals surface area (Å²) in [5.41, 5.74) is 5.44. The molecule has 0 unspecified atom stereocenters. The first-order chi connectivity index (χ1) is 6.16. The van der Waals surface area contributed by atoms with Crippen molar-refractivity contribution >= 4 is 0 Å². The van der Waals surface area contributed by atoms with Crippen molar-refractivity contribution in [1.82, 2.24) is 14.8 Å². The van der Waals surface area contributed by atoms with Gasteiger partial charge in [-0.1, -0.05) is 13.8 Å². The third-order valence-electron chi connectivity index (χ3n) is 2.12. The zero-order chi connectivity index (χ0) is 9.84. The van der Waals surface area contributed by atoms with Crippen molar-refractivity contribution < 1.29 is 0 Å². The van der Waals surface area contributed by atoms with Crippen LogP contribution in [0.4, 0.5) is 0 Å². The number of aryl methyl sites for hydroxylation is 1. The lowest BCUT2D eigenvalue weighted by molar-refractivity contribution is 0.674. The summed E-state index contributed by atoms with van der Waals surface area (Å²) in [7, 11) is 2.02. The summed E-state index contributed by atoms with van der Waals surface area (Å²) in [4.78, 5) is 0. The van der Waals surface area contributed by atoms with Gasteiger partial charge in [0, 0.05) is 19.4 Å². The van der Waals surface area contributed by atoms with Crippen LogP contribution in [0, 0.1) is 0 Å². The molecular formula is C9H18N4. The van der Waals surface area contributed by atoms with E-state index in [-0.39, 0.29) is 0 Å². The molecule has 0 aromatic carbocycles. The molecule has 13 heavy (non-hydrogen) atoms. The second kappa shape index (κ2) is 4.37. The lowest BCUT2D eigenvalue weighted by atomic mass is 10.2. The van der Waals surface area contributed by atoms with Crippen LogP contribution < -0.4 is 5.73 Å². The van der Waals surface area contributed by atoms with Crippen LogP contribution in [0.2, 0.25) is 0 Å². The Morgan fingerprint density at radius 2 is 2.08 bits per heavy atom. The van der Waals surface area contributed by atoms with Gasteiger partial charge in [0.1, 0.15) is 11.6 Å². The molecule has 2 N–H and O–H groups in total. The number of rotatable bonds is 4. The van der Waals surface area contributed by atoms with E-state index < -0.39 is 0 Å². The molecule has 0 atom stereocenters. The lowest BCUT2D eigenvalue weighted by Gasteiger charge is -2.05. The zero-order valence-corrected chi connectivity index (χ0v) is 8.62. The second-order valence-electron chi connectivity index (χ2n) is 3.58. The third-order valence-corrected chi connectivity index (χ3v) is 2.12. The van der Waals surface area contributed by atoms with E-state index >= 15 is 0 Å². The molecule has 1 aromatic rings. The molecule has 1 rings (SSSR count). The second-order valence-corrected chi connectivity index (χ2v) is 3.58. The highest BCUT2D eigenvalue weighted by Crippen LogP contribution is 2.11. The van der Waals surface area contributed by atoms with E-state index in [1.165, 1.54) is 0 Å².